The van der Waals surface area contributed by atoms with Gasteiger partial charge in [-0.3, -0.25) is 0 Å². The molecule has 1 saturated heterocycles. The number of methoxy groups -OCH3 is 3. The molecule has 0 saturated carbocycles. The molecule has 1 fully saturated rings. The van der Waals surface area contributed by atoms with Crippen LogP contribution >= 0.6 is 11.6 Å². The number of nitrogens with zero attached hydrogens (tertiary/aromatic N) is 4. The standard InChI is InChI=1S/C25H28ClN5O4/c1-16-18(26)6-5-7-19(16)27-25(32)31-12-10-30(11-13-31)23-9-8-20(28-29-23)17-14-21(33-2)24(35-4)22(15-17)34-3/h5-9,14-15H,10-13H2,1-4H3,(H,27,32). The molecule has 1 aliphatic heterocycles. The number of amides is 2. The monoisotopic (exact) mass is 497 g/mol. The van der Waals surface area contributed by atoms with E-state index in [4.69, 9.17) is 25.8 Å². The molecule has 3 aromatic rings. The second-order valence-electron chi connectivity index (χ2n) is 8.01. The molecule has 0 radical (unpaired) electrons. The van der Waals surface area contributed by atoms with E-state index in [1.807, 2.05) is 43.3 Å². The highest BCUT2D eigenvalue weighted by Gasteiger charge is 2.23. The molecule has 0 bridgehead atoms. The van der Waals surface area contributed by atoms with Crippen LogP contribution in [0.15, 0.2) is 42.5 Å². The number of rotatable bonds is 6. The number of anilines is 2. The number of halogens is 1. The minimum Gasteiger partial charge on any atom is -0.493 e. The SMILES string of the molecule is COc1cc(-c2ccc(N3CCN(C(=O)Nc4cccc(Cl)c4C)CC3)nn2)cc(OC)c1OC. The van der Waals surface area contributed by atoms with Crippen LogP contribution in [0.25, 0.3) is 11.3 Å². The van der Waals surface area contributed by atoms with Crippen molar-refractivity contribution in [1.82, 2.24) is 15.1 Å². The fraction of sp³-hybridized carbons (Fsp3) is 0.320. The van der Waals surface area contributed by atoms with Crippen LogP contribution in [-0.2, 0) is 0 Å². The van der Waals surface area contributed by atoms with Gasteiger partial charge in [-0.1, -0.05) is 17.7 Å². The Morgan fingerprint density at radius 2 is 1.63 bits per heavy atom. The third-order valence-corrected chi connectivity index (χ3v) is 6.42. The number of hydrogen-bond donors (Lipinski definition) is 1. The number of benzene rings is 2. The summed E-state index contributed by atoms with van der Waals surface area (Å²) in [5.74, 6) is 2.38. The summed E-state index contributed by atoms with van der Waals surface area (Å²) in [5.41, 5.74) is 3.06. The van der Waals surface area contributed by atoms with Crippen LogP contribution in [0.4, 0.5) is 16.3 Å². The maximum Gasteiger partial charge on any atom is 0.321 e. The molecule has 2 aromatic carbocycles. The van der Waals surface area contributed by atoms with E-state index < -0.39 is 0 Å². The molecule has 4 rings (SSSR count). The van der Waals surface area contributed by atoms with Gasteiger partial charge >= 0.3 is 6.03 Å². The zero-order valence-corrected chi connectivity index (χ0v) is 20.9. The highest BCUT2D eigenvalue weighted by molar-refractivity contribution is 6.31. The first-order valence-corrected chi connectivity index (χ1v) is 11.5. The third-order valence-electron chi connectivity index (χ3n) is 6.01. The van der Waals surface area contributed by atoms with Crippen molar-refractivity contribution in [2.75, 3.05) is 57.7 Å². The number of nitrogens with one attached hydrogen (secondary N) is 1. The van der Waals surface area contributed by atoms with E-state index in [0.717, 1.165) is 22.6 Å². The Hall–Kier alpha value is -3.72. The van der Waals surface area contributed by atoms with Crippen molar-refractivity contribution in [2.45, 2.75) is 6.92 Å². The van der Waals surface area contributed by atoms with Gasteiger partial charge in [-0.15, -0.1) is 10.2 Å². The Labute approximate surface area is 209 Å². The lowest BCUT2D eigenvalue weighted by Gasteiger charge is -2.35. The second kappa shape index (κ2) is 10.7. The van der Waals surface area contributed by atoms with Gasteiger partial charge in [-0.05, 0) is 48.9 Å². The van der Waals surface area contributed by atoms with Crippen molar-refractivity contribution in [3.63, 3.8) is 0 Å². The second-order valence-corrected chi connectivity index (χ2v) is 8.41. The van der Waals surface area contributed by atoms with Crippen LogP contribution in [-0.4, -0.2) is 68.6 Å². The average molecular weight is 498 g/mol. The Kier molecular flexibility index (Phi) is 7.45. The number of carbonyl (C=O) groups excluding carboxylic acids is 1. The Balaban J connectivity index is 1.41. The van der Waals surface area contributed by atoms with Crippen molar-refractivity contribution in [3.05, 3.63) is 53.1 Å². The van der Waals surface area contributed by atoms with E-state index in [9.17, 15) is 4.79 Å². The molecule has 2 heterocycles. The fourth-order valence-corrected chi connectivity index (χ4v) is 4.13. The van der Waals surface area contributed by atoms with Crippen molar-refractivity contribution in [2.24, 2.45) is 0 Å². The number of piperazine rings is 1. The summed E-state index contributed by atoms with van der Waals surface area (Å²) in [7, 11) is 4.72. The van der Waals surface area contributed by atoms with E-state index in [1.165, 1.54) is 0 Å². The number of aromatic nitrogens is 2. The summed E-state index contributed by atoms with van der Waals surface area (Å²) in [6.07, 6.45) is 0. The van der Waals surface area contributed by atoms with Crippen LogP contribution in [0, 0.1) is 6.92 Å². The summed E-state index contributed by atoms with van der Waals surface area (Å²) in [4.78, 5) is 16.6. The number of ether oxygens (including phenoxy) is 3. The van der Waals surface area contributed by atoms with E-state index in [1.54, 1.807) is 32.3 Å². The van der Waals surface area contributed by atoms with E-state index in [2.05, 4.69) is 20.4 Å². The summed E-state index contributed by atoms with van der Waals surface area (Å²) >= 11 is 6.16. The minimum absolute atomic E-state index is 0.140. The minimum atomic E-state index is -0.140. The van der Waals surface area contributed by atoms with Crippen molar-refractivity contribution < 1.29 is 19.0 Å². The highest BCUT2D eigenvalue weighted by atomic mass is 35.5. The lowest BCUT2D eigenvalue weighted by atomic mass is 10.1. The molecule has 0 spiro atoms. The predicted octanol–water partition coefficient (Wildman–Crippen LogP) is 4.49. The molecule has 1 aliphatic rings. The zero-order chi connectivity index (χ0) is 24.9. The number of carbonyl (C=O) groups is 1. The van der Waals surface area contributed by atoms with Gasteiger partial charge in [0.2, 0.25) is 5.75 Å². The predicted molar refractivity (Wildman–Crippen MR) is 136 cm³/mol. The largest absolute Gasteiger partial charge is 0.493 e. The van der Waals surface area contributed by atoms with Crippen LogP contribution in [0.3, 0.4) is 0 Å². The van der Waals surface area contributed by atoms with Gasteiger partial charge in [-0.2, -0.15) is 0 Å². The highest BCUT2D eigenvalue weighted by Crippen LogP contribution is 2.40. The summed E-state index contributed by atoms with van der Waals surface area (Å²) < 4.78 is 16.3. The lowest BCUT2D eigenvalue weighted by molar-refractivity contribution is 0.208. The van der Waals surface area contributed by atoms with Crippen LogP contribution in [0.2, 0.25) is 5.02 Å². The van der Waals surface area contributed by atoms with E-state index >= 15 is 0 Å². The molecule has 1 N–H and O–H groups in total. The first kappa shape index (κ1) is 24.4. The van der Waals surface area contributed by atoms with Crippen molar-refractivity contribution in [1.29, 1.82) is 0 Å². The zero-order valence-electron chi connectivity index (χ0n) is 20.2. The van der Waals surface area contributed by atoms with Crippen molar-refractivity contribution >= 4 is 29.1 Å². The quantitative estimate of drug-likeness (QED) is 0.537. The summed E-state index contributed by atoms with van der Waals surface area (Å²) in [5, 5.41) is 12.4. The molecule has 0 aliphatic carbocycles. The molecular formula is C25H28ClN5O4. The molecule has 184 valence electrons. The molecule has 0 atom stereocenters. The molecule has 2 amide bonds. The first-order chi connectivity index (χ1) is 16.9. The van der Waals surface area contributed by atoms with Gasteiger partial charge < -0.3 is 29.3 Å². The maximum absolute atomic E-state index is 12.7. The summed E-state index contributed by atoms with van der Waals surface area (Å²) in [6.45, 7) is 4.33. The lowest BCUT2D eigenvalue weighted by Crippen LogP contribution is -2.50. The molecular weight excluding hydrogens is 470 g/mol. The number of urea groups is 1. The van der Waals surface area contributed by atoms with Crippen LogP contribution in [0.5, 0.6) is 17.2 Å². The van der Waals surface area contributed by atoms with E-state index in [0.29, 0.717) is 54.1 Å². The Bertz CT molecular complexity index is 1170. The normalized spacial score (nSPS) is 13.4. The van der Waals surface area contributed by atoms with Gasteiger partial charge in [0.25, 0.3) is 0 Å². The Morgan fingerprint density at radius 1 is 0.943 bits per heavy atom. The van der Waals surface area contributed by atoms with Gasteiger partial charge in [0.15, 0.2) is 17.3 Å². The van der Waals surface area contributed by atoms with Gasteiger partial charge in [0.1, 0.15) is 0 Å². The molecule has 0 unspecified atom stereocenters. The maximum atomic E-state index is 12.7. The van der Waals surface area contributed by atoms with Crippen molar-refractivity contribution in [3.8, 4) is 28.5 Å². The smallest absolute Gasteiger partial charge is 0.321 e. The molecule has 9 nitrogen and oxygen atoms in total. The van der Waals surface area contributed by atoms with Gasteiger partial charge in [-0.25, -0.2) is 4.79 Å². The third kappa shape index (κ3) is 5.19. The molecule has 35 heavy (non-hydrogen) atoms. The fourth-order valence-electron chi connectivity index (χ4n) is 3.95. The average Bonchev–Trinajstić information content (AvgIpc) is 2.90. The summed E-state index contributed by atoms with van der Waals surface area (Å²) in [6, 6.07) is 12.8. The number of hydrogen-bond acceptors (Lipinski definition) is 7. The molecule has 1 aromatic heterocycles. The first-order valence-electron chi connectivity index (χ1n) is 11.1. The van der Waals surface area contributed by atoms with Gasteiger partial charge in [0, 0.05) is 42.5 Å². The molecule has 10 heteroatoms. The van der Waals surface area contributed by atoms with Crippen LogP contribution < -0.4 is 24.4 Å². The van der Waals surface area contributed by atoms with E-state index in [-0.39, 0.29) is 6.03 Å². The van der Waals surface area contributed by atoms with Gasteiger partial charge in [0.05, 0.1) is 27.0 Å². The Morgan fingerprint density at radius 3 is 2.20 bits per heavy atom. The topological polar surface area (TPSA) is 89.1 Å². The van der Waals surface area contributed by atoms with Crippen LogP contribution in [0.1, 0.15) is 5.56 Å².